The maximum absolute atomic E-state index is 14.1. The summed E-state index contributed by atoms with van der Waals surface area (Å²) in [5, 5.41) is 23.6. The van der Waals surface area contributed by atoms with E-state index in [4.69, 9.17) is 41.5 Å². The van der Waals surface area contributed by atoms with Crippen LogP contribution < -0.4 is 33.7 Å². The maximum atomic E-state index is 14.1. The number of aromatic nitrogens is 6. The number of aliphatic hydroxyl groups excluding tert-OH is 2. The number of imidazole rings is 1. The van der Waals surface area contributed by atoms with Gasteiger partial charge in [0.05, 0.1) is 25.6 Å². The molecule has 22 heteroatoms. The van der Waals surface area contributed by atoms with E-state index in [9.17, 15) is 19.6 Å². The number of aliphatic imine (C=N–C) groups is 1. The fraction of sp³-hybridized carbons (Fsp3) is 0.583. The van der Waals surface area contributed by atoms with E-state index in [0.717, 1.165) is 0 Å². The maximum Gasteiger partial charge on any atom is 0.405 e. The van der Waals surface area contributed by atoms with Crippen molar-refractivity contribution in [3.05, 3.63) is 35.4 Å². The highest BCUT2D eigenvalue weighted by molar-refractivity contribution is 7.51. The largest absolute Gasteiger partial charge is 0.405 e. The predicted molar refractivity (Wildman–Crippen MR) is 166 cm³/mol. The zero-order chi connectivity index (χ0) is 32.1. The van der Waals surface area contributed by atoms with Gasteiger partial charge in [0, 0.05) is 32.1 Å². The first kappa shape index (κ1) is 35.4. The van der Waals surface area contributed by atoms with Gasteiger partial charge in [0.2, 0.25) is 0 Å². The lowest BCUT2D eigenvalue weighted by molar-refractivity contribution is -0.0520. The Labute approximate surface area is 268 Å². The van der Waals surface area contributed by atoms with E-state index in [2.05, 4.69) is 30.0 Å². The quantitative estimate of drug-likeness (QED) is 0.0450. The van der Waals surface area contributed by atoms with E-state index in [1.807, 2.05) is 0 Å². The standard InChI is InChI=1S/C24H37N12O8P.ClH/c25-17-3-6-35(24(39)34-17)19-8-14(15(9-37)42-19)44-45(40,33-5-2-1-4-29-23(27)28)41-10-16-13(38)7-18(43-16)36-12-32-20-21(26)30-11-31-22(20)36;/h3,6,11-16,18-19,37-38H,1-2,4-5,7-10H2,(H,33,40)(H2,25,34,39)(H2,26,30,31)(H4,27,28,29);1H/t13-,14-,15+,16+,18+,19+,45?;/m0./s1. The molecule has 3 aromatic heterocycles. The van der Waals surface area contributed by atoms with Crippen molar-refractivity contribution >= 4 is 48.9 Å². The molecule has 0 aromatic carbocycles. The smallest absolute Gasteiger partial charge is 0.394 e. The minimum absolute atomic E-state index is 0. The van der Waals surface area contributed by atoms with Crippen LogP contribution in [0.3, 0.4) is 0 Å². The lowest BCUT2D eigenvalue weighted by Crippen LogP contribution is -2.32. The molecular formula is C24H38ClN12O8P. The number of nitrogens with one attached hydrogen (secondary N) is 1. The van der Waals surface area contributed by atoms with Gasteiger partial charge in [0.1, 0.15) is 48.4 Å². The monoisotopic (exact) mass is 688 g/mol. The molecule has 254 valence electrons. The third-order valence-corrected chi connectivity index (χ3v) is 8.94. The third-order valence-electron chi connectivity index (χ3n) is 7.29. The first-order valence-electron chi connectivity index (χ1n) is 14.2. The van der Waals surface area contributed by atoms with Crippen LogP contribution >= 0.6 is 20.2 Å². The summed E-state index contributed by atoms with van der Waals surface area (Å²) in [6.45, 7) is -0.246. The molecule has 2 aliphatic rings. The summed E-state index contributed by atoms with van der Waals surface area (Å²) in [4.78, 5) is 32.4. The van der Waals surface area contributed by atoms with Crippen LogP contribution in [0.4, 0.5) is 11.6 Å². The Balaban J connectivity index is 0.00000480. The van der Waals surface area contributed by atoms with E-state index < -0.39 is 56.9 Å². The molecule has 0 saturated carbocycles. The van der Waals surface area contributed by atoms with E-state index in [1.54, 1.807) is 4.57 Å². The number of hydrogen-bond acceptors (Lipinski definition) is 15. The van der Waals surface area contributed by atoms with Crippen LogP contribution in [0, 0.1) is 0 Å². The Morgan fingerprint density at radius 2 is 1.89 bits per heavy atom. The number of nitrogen functional groups attached to an aromatic ring is 2. The van der Waals surface area contributed by atoms with Crippen LogP contribution in [-0.2, 0) is 23.1 Å². The average molecular weight is 689 g/mol. The van der Waals surface area contributed by atoms with Gasteiger partial charge in [-0.15, -0.1) is 12.4 Å². The second-order valence-electron chi connectivity index (χ2n) is 10.5. The molecule has 5 heterocycles. The molecule has 46 heavy (non-hydrogen) atoms. The normalized spacial score (nSPS) is 25.7. The van der Waals surface area contributed by atoms with Crippen molar-refractivity contribution < 1.29 is 33.3 Å². The number of nitrogens with zero attached hydrogens (tertiary/aromatic N) is 7. The Hall–Kier alpha value is -3.46. The van der Waals surface area contributed by atoms with Crippen LogP contribution in [0.5, 0.6) is 0 Å². The number of aliphatic hydroxyl groups is 2. The molecular weight excluding hydrogens is 651 g/mol. The fourth-order valence-corrected chi connectivity index (χ4v) is 6.61. The van der Waals surface area contributed by atoms with Crippen molar-refractivity contribution in [3.8, 4) is 0 Å². The number of hydrogen-bond donors (Lipinski definition) is 7. The molecule has 0 radical (unpaired) electrons. The van der Waals surface area contributed by atoms with Crippen LogP contribution in [0.1, 0.15) is 38.1 Å². The number of nitrogens with two attached hydrogens (primary N) is 4. The number of guanidine groups is 1. The minimum Gasteiger partial charge on any atom is -0.394 e. The molecule has 0 amide bonds. The van der Waals surface area contributed by atoms with E-state index in [0.29, 0.717) is 30.6 Å². The lowest BCUT2D eigenvalue weighted by Gasteiger charge is -2.26. The van der Waals surface area contributed by atoms with Crippen LogP contribution in [-0.4, -0.2) is 96.0 Å². The highest BCUT2D eigenvalue weighted by Crippen LogP contribution is 2.49. The van der Waals surface area contributed by atoms with Gasteiger partial charge in [0.15, 0.2) is 17.4 Å². The summed E-state index contributed by atoms with van der Waals surface area (Å²) in [5.74, 6) is 0.214. The van der Waals surface area contributed by atoms with Gasteiger partial charge in [-0.05, 0) is 18.9 Å². The number of ether oxygens (including phenoxy) is 2. The second-order valence-corrected chi connectivity index (χ2v) is 12.2. The second kappa shape index (κ2) is 15.4. The van der Waals surface area contributed by atoms with Gasteiger partial charge in [-0.25, -0.2) is 29.4 Å². The minimum atomic E-state index is -4.13. The van der Waals surface area contributed by atoms with Crippen molar-refractivity contribution in [2.24, 2.45) is 16.5 Å². The van der Waals surface area contributed by atoms with Crippen LogP contribution in [0.2, 0.25) is 0 Å². The Kier molecular flexibility index (Phi) is 11.9. The molecule has 11 N–H and O–H groups in total. The zero-order valence-electron chi connectivity index (χ0n) is 24.6. The Morgan fingerprint density at radius 1 is 1.13 bits per heavy atom. The van der Waals surface area contributed by atoms with E-state index in [-0.39, 0.29) is 56.0 Å². The third kappa shape index (κ3) is 8.27. The van der Waals surface area contributed by atoms with Crippen molar-refractivity contribution in [3.63, 3.8) is 0 Å². The fourth-order valence-electron chi connectivity index (χ4n) is 5.03. The SMILES string of the molecule is Cl.NC(N)=NCCCCNP(=O)(OC[C@H]1O[C@@H](n2cnc3c(N)ncnc32)C[C@@H]1O)O[C@H]1C[C@H](n2ccc(N)nc2=O)O[C@@H]1CO. The summed E-state index contributed by atoms with van der Waals surface area (Å²) in [6, 6.07) is 1.43. The van der Waals surface area contributed by atoms with E-state index >= 15 is 0 Å². The first-order valence-corrected chi connectivity index (χ1v) is 15.7. The summed E-state index contributed by atoms with van der Waals surface area (Å²) < 4.78 is 40.5. The predicted octanol–water partition coefficient (Wildman–Crippen LogP) is -1.25. The van der Waals surface area contributed by atoms with Crippen LogP contribution in [0.25, 0.3) is 11.2 Å². The molecule has 20 nitrogen and oxygen atoms in total. The van der Waals surface area contributed by atoms with Gasteiger partial charge < -0.3 is 42.6 Å². The van der Waals surface area contributed by atoms with Crippen molar-refractivity contribution in [1.82, 2.24) is 34.2 Å². The van der Waals surface area contributed by atoms with E-state index in [1.165, 1.54) is 29.5 Å². The number of fused-ring (bicyclic) bond motifs is 1. The van der Waals surface area contributed by atoms with Crippen molar-refractivity contribution in [2.75, 3.05) is 37.8 Å². The molecule has 7 atom stereocenters. The Morgan fingerprint density at radius 3 is 2.63 bits per heavy atom. The molecule has 0 spiro atoms. The summed E-state index contributed by atoms with van der Waals surface area (Å²) in [6.07, 6.45) is 0.184. The van der Waals surface area contributed by atoms with Gasteiger partial charge in [-0.1, -0.05) is 0 Å². The number of unbranched alkanes of at least 4 members (excludes halogenated alkanes) is 1. The van der Waals surface area contributed by atoms with Gasteiger partial charge in [0.25, 0.3) is 0 Å². The number of halogens is 1. The van der Waals surface area contributed by atoms with Gasteiger partial charge >= 0.3 is 13.4 Å². The summed E-state index contributed by atoms with van der Waals surface area (Å²) in [5.41, 5.74) is 22.4. The molecule has 3 aromatic rings. The molecule has 5 rings (SSSR count). The zero-order valence-corrected chi connectivity index (χ0v) is 26.3. The molecule has 0 aliphatic carbocycles. The van der Waals surface area contributed by atoms with Gasteiger partial charge in [-0.2, -0.15) is 4.98 Å². The lowest BCUT2D eigenvalue weighted by atomic mass is 10.2. The topological polar surface area (TPSA) is 301 Å². The highest BCUT2D eigenvalue weighted by Gasteiger charge is 2.43. The first-order chi connectivity index (χ1) is 21.6. The van der Waals surface area contributed by atoms with Crippen molar-refractivity contribution in [2.45, 2.75) is 62.6 Å². The molecule has 0 bridgehead atoms. The average Bonchev–Trinajstić information content (AvgIpc) is 3.71. The van der Waals surface area contributed by atoms with Crippen LogP contribution in [0.15, 0.2) is 34.7 Å². The van der Waals surface area contributed by atoms with Gasteiger partial charge in [-0.3, -0.25) is 23.2 Å². The summed E-state index contributed by atoms with van der Waals surface area (Å²) >= 11 is 0. The van der Waals surface area contributed by atoms with Crippen molar-refractivity contribution in [1.29, 1.82) is 0 Å². The molecule has 2 fully saturated rings. The summed E-state index contributed by atoms with van der Waals surface area (Å²) in [7, 11) is -4.13. The number of rotatable bonds is 14. The molecule has 1 unspecified atom stereocenters. The molecule has 2 aliphatic heterocycles. The Bertz CT molecular complexity index is 1610. The highest BCUT2D eigenvalue weighted by atomic mass is 35.5. The molecule has 2 saturated heterocycles. The number of anilines is 2.